The average molecular weight is 462 g/mol. The highest BCUT2D eigenvalue weighted by molar-refractivity contribution is 9.10. The van der Waals surface area contributed by atoms with Crippen molar-refractivity contribution in [1.29, 1.82) is 0 Å². The first-order valence-electron chi connectivity index (χ1n) is 8.50. The van der Waals surface area contributed by atoms with Gasteiger partial charge in [0.2, 0.25) is 0 Å². The molecule has 0 fully saturated rings. The van der Waals surface area contributed by atoms with Gasteiger partial charge in [-0.05, 0) is 61.1 Å². The first-order chi connectivity index (χ1) is 13.4. The Morgan fingerprint density at radius 3 is 2.43 bits per heavy atom. The number of hydrogen-bond acceptors (Lipinski definition) is 4. The van der Waals surface area contributed by atoms with Crippen LogP contribution < -0.4 is 25.4 Å². The van der Waals surface area contributed by atoms with Crippen molar-refractivity contribution in [1.82, 2.24) is 10.6 Å². The van der Waals surface area contributed by atoms with Crippen LogP contribution in [0.4, 0.5) is 5.69 Å². The summed E-state index contributed by atoms with van der Waals surface area (Å²) in [6.45, 7) is 1.83. The Bertz CT molecular complexity index is 944. The number of amides is 1. The lowest BCUT2D eigenvalue weighted by Crippen LogP contribution is -2.45. The molecule has 28 heavy (non-hydrogen) atoms. The molecule has 2 aromatic rings. The second kappa shape index (κ2) is 8.62. The highest BCUT2D eigenvalue weighted by Gasteiger charge is 2.30. The minimum absolute atomic E-state index is 0.220. The lowest BCUT2D eigenvalue weighted by molar-refractivity contribution is -0.113. The number of thiocarbonyl (C=S) groups is 1. The maximum absolute atomic E-state index is 13.1. The molecule has 1 heterocycles. The summed E-state index contributed by atoms with van der Waals surface area (Å²) in [5.74, 6) is 0.975. The van der Waals surface area contributed by atoms with Gasteiger partial charge in [-0.15, -0.1) is 0 Å². The summed E-state index contributed by atoms with van der Waals surface area (Å²) in [4.78, 5) is 13.1. The van der Waals surface area contributed by atoms with Gasteiger partial charge in [0.1, 0.15) is 0 Å². The Balaban J connectivity index is 1.96. The molecule has 1 aliphatic heterocycles. The molecule has 3 N–H and O–H groups in total. The summed E-state index contributed by atoms with van der Waals surface area (Å²) >= 11 is 8.70. The van der Waals surface area contributed by atoms with Gasteiger partial charge in [0.15, 0.2) is 16.6 Å². The first-order valence-corrected chi connectivity index (χ1v) is 9.70. The molecule has 8 heteroatoms. The monoisotopic (exact) mass is 461 g/mol. The van der Waals surface area contributed by atoms with Crippen LogP contribution >= 0.6 is 28.1 Å². The number of carbonyl (C=O) groups excluding carboxylic acids is 1. The molecule has 0 bridgehead atoms. The number of nitrogens with one attached hydrogen (secondary N) is 3. The Morgan fingerprint density at radius 1 is 1.11 bits per heavy atom. The Morgan fingerprint density at radius 2 is 1.79 bits per heavy atom. The minimum Gasteiger partial charge on any atom is -0.493 e. The van der Waals surface area contributed by atoms with E-state index < -0.39 is 6.04 Å². The summed E-state index contributed by atoms with van der Waals surface area (Å²) in [5.41, 5.74) is 2.77. The van der Waals surface area contributed by atoms with Crippen molar-refractivity contribution in [2.45, 2.75) is 13.0 Å². The van der Waals surface area contributed by atoms with E-state index in [4.69, 9.17) is 21.7 Å². The average Bonchev–Trinajstić information content (AvgIpc) is 2.68. The van der Waals surface area contributed by atoms with E-state index >= 15 is 0 Å². The molecule has 1 amide bonds. The number of ether oxygens (including phenoxy) is 2. The number of carbonyl (C=O) groups is 1. The third-order valence-corrected chi connectivity index (χ3v) is 5.11. The molecule has 0 aliphatic carbocycles. The molecule has 0 aromatic heterocycles. The lowest BCUT2D eigenvalue weighted by atomic mass is 9.94. The van der Waals surface area contributed by atoms with Gasteiger partial charge < -0.3 is 25.4 Å². The number of methoxy groups -OCH3 is 2. The molecular formula is C20H20BrN3O3S. The smallest absolute Gasteiger partial charge is 0.255 e. The number of rotatable bonds is 5. The van der Waals surface area contributed by atoms with Crippen molar-refractivity contribution in [3.63, 3.8) is 0 Å². The fourth-order valence-electron chi connectivity index (χ4n) is 3.01. The molecular weight excluding hydrogens is 442 g/mol. The van der Waals surface area contributed by atoms with Crippen molar-refractivity contribution in [3.05, 3.63) is 63.8 Å². The van der Waals surface area contributed by atoms with Gasteiger partial charge in [-0.1, -0.05) is 22.0 Å². The van der Waals surface area contributed by atoms with Gasteiger partial charge in [-0.25, -0.2) is 0 Å². The summed E-state index contributed by atoms with van der Waals surface area (Å²) < 4.78 is 11.6. The number of anilines is 1. The quantitative estimate of drug-likeness (QED) is 0.586. The third-order valence-electron chi connectivity index (χ3n) is 4.36. The van der Waals surface area contributed by atoms with Gasteiger partial charge in [-0.3, -0.25) is 4.79 Å². The second-order valence-electron chi connectivity index (χ2n) is 6.15. The number of halogens is 1. The molecule has 0 radical (unpaired) electrons. The molecule has 146 valence electrons. The number of allylic oxidation sites excluding steroid dienone is 1. The largest absolute Gasteiger partial charge is 0.493 e. The standard InChI is InChI=1S/C20H20BrN3O3S/c1-11-17(19(25)23-14-7-5-13(21)6-8-14)18(24-20(28)22-11)12-4-9-15(26-2)16(10-12)27-3/h4-10,18H,1-3H3,(H,23,25)(H2,22,24,28)/t18-/m0/s1. The second-order valence-corrected chi connectivity index (χ2v) is 7.47. The van der Waals surface area contributed by atoms with Crippen LogP contribution in [0.25, 0.3) is 0 Å². The Kier molecular flexibility index (Phi) is 6.21. The van der Waals surface area contributed by atoms with Crippen molar-refractivity contribution in [2.75, 3.05) is 19.5 Å². The predicted octanol–water partition coefficient (Wildman–Crippen LogP) is 3.90. The maximum Gasteiger partial charge on any atom is 0.255 e. The van der Waals surface area contributed by atoms with Gasteiger partial charge in [-0.2, -0.15) is 0 Å². The van der Waals surface area contributed by atoms with Gasteiger partial charge >= 0.3 is 0 Å². The molecule has 0 saturated carbocycles. The molecule has 1 atom stereocenters. The van der Waals surface area contributed by atoms with E-state index in [0.29, 0.717) is 33.6 Å². The molecule has 1 aliphatic rings. The highest BCUT2D eigenvalue weighted by Crippen LogP contribution is 2.34. The zero-order valence-corrected chi connectivity index (χ0v) is 18.0. The zero-order chi connectivity index (χ0) is 20.3. The predicted molar refractivity (Wildman–Crippen MR) is 117 cm³/mol. The van der Waals surface area contributed by atoms with Gasteiger partial charge in [0.05, 0.1) is 25.8 Å². The molecule has 6 nitrogen and oxygen atoms in total. The van der Waals surface area contributed by atoms with E-state index in [1.54, 1.807) is 20.3 Å². The van der Waals surface area contributed by atoms with E-state index in [9.17, 15) is 4.79 Å². The summed E-state index contributed by atoms with van der Waals surface area (Å²) in [6, 6.07) is 12.5. The Hall–Kier alpha value is -2.58. The zero-order valence-electron chi connectivity index (χ0n) is 15.6. The molecule has 0 saturated heterocycles. The molecule has 3 rings (SSSR count). The molecule has 0 spiro atoms. The Labute approximate surface area is 177 Å². The van der Waals surface area contributed by atoms with Crippen LogP contribution in [0, 0.1) is 0 Å². The topological polar surface area (TPSA) is 71.6 Å². The number of benzene rings is 2. The van der Waals surface area contributed by atoms with Crippen LogP contribution in [0.15, 0.2) is 58.2 Å². The van der Waals surface area contributed by atoms with Crippen LogP contribution in [0.1, 0.15) is 18.5 Å². The third kappa shape index (κ3) is 4.28. The summed E-state index contributed by atoms with van der Waals surface area (Å²) in [5, 5.41) is 9.60. The normalized spacial score (nSPS) is 16.1. The van der Waals surface area contributed by atoms with E-state index in [1.807, 2.05) is 43.3 Å². The van der Waals surface area contributed by atoms with E-state index in [0.717, 1.165) is 10.0 Å². The molecule has 2 aromatic carbocycles. The summed E-state index contributed by atoms with van der Waals surface area (Å²) in [7, 11) is 3.15. The van der Waals surface area contributed by atoms with Crippen LogP contribution in [-0.2, 0) is 4.79 Å². The van der Waals surface area contributed by atoms with Crippen molar-refractivity contribution in [2.24, 2.45) is 0 Å². The van der Waals surface area contributed by atoms with Crippen LogP contribution in [0.5, 0.6) is 11.5 Å². The van der Waals surface area contributed by atoms with E-state index in [1.165, 1.54) is 0 Å². The van der Waals surface area contributed by atoms with E-state index in [-0.39, 0.29) is 5.91 Å². The van der Waals surface area contributed by atoms with Crippen LogP contribution in [0.2, 0.25) is 0 Å². The fraction of sp³-hybridized carbons (Fsp3) is 0.200. The fourth-order valence-corrected chi connectivity index (χ4v) is 3.54. The maximum atomic E-state index is 13.1. The van der Waals surface area contributed by atoms with Crippen LogP contribution in [0.3, 0.4) is 0 Å². The van der Waals surface area contributed by atoms with E-state index in [2.05, 4.69) is 31.9 Å². The van der Waals surface area contributed by atoms with Crippen molar-refractivity contribution in [3.8, 4) is 11.5 Å². The highest BCUT2D eigenvalue weighted by atomic mass is 79.9. The lowest BCUT2D eigenvalue weighted by Gasteiger charge is -2.30. The van der Waals surface area contributed by atoms with Gasteiger partial charge in [0.25, 0.3) is 5.91 Å². The van der Waals surface area contributed by atoms with Crippen molar-refractivity contribution >= 4 is 44.9 Å². The minimum atomic E-state index is -0.427. The SMILES string of the molecule is COc1ccc([C@@H]2NC(=S)NC(C)=C2C(=O)Nc2ccc(Br)cc2)cc1OC. The van der Waals surface area contributed by atoms with Gasteiger partial charge in [0, 0.05) is 15.9 Å². The molecule has 0 unspecified atom stereocenters. The number of hydrogen-bond donors (Lipinski definition) is 3. The van der Waals surface area contributed by atoms with Crippen LogP contribution in [-0.4, -0.2) is 25.2 Å². The van der Waals surface area contributed by atoms with Crippen molar-refractivity contribution < 1.29 is 14.3 Å². The first kappa shape index (κ1) is 20.2. The summed E-state index contributed by atoms with van der Waals surface area (Å²) in [6.07, 6.45) is 0.